The summed E-state index contributed by atoms with van der Waals surface area (Å²) < 4.78 is 23.6. The Bertz CT molecular complexity index is 1640. The molecular weight excluding hydrogens is 594 g/mol. The molecule has 4 N–H and O–H groups in total. The van der Waals surface area contributed by atoms with Gasteiger partial charge in [0.2, 0.25) is 0 Å². The van der Waals surface area contributed by atoms with Gasteiger partial charge in [0.25, 0.3) is 0 Å². The Hall–Kier alpha value is -5.30. The van der Waals surface area contributed by atoms with E-state index < -0.39 is 24.3 Å². The Balaban J connectivity index is 1.41. The minimum Gasteiger partial charge on any atom is -0.490 e. The van der Waals surface area contributed by atoms with Crippen LogP contribution in [0.25, 0.3) is 5.69 Å². The number of carbonyl (C=O) groups excluding carboxylic acids is 3. The highest BCUT2D eigenvalue weighted by molar-refractivity contribution is 5.95. The zero-order chi connectivity index (χ0) is 33.4. The van der Waals surface area contributed by atoms with E-state index in [4.69, 9.17) is 18.9 Å². The number of aromatic nitrogens is 1. The monoisotopic (exact) mass is 633 g/mol. The molecule has 1 aliphatic rings. The number of urea groups is 1. The van der Waals surface area contributed by atoms with Gasteiger partial charge < -0.3 is 39.3 Å². The first-order chi connectivity index (χ1) is 22.1. The van der Waals surface area contributed by atoms with Gasteiger partial charge >= 0.3 is 18.0 Å². The van der Waals surface area contributed by atoms with Gasteiger partial charge in [-0.05, 0) is 82.6 Å². The van der Waals surface area contributed by atoms with Gasteiger partial charge in [0.05, 0.1) is 43.7 Å². The molecule has 0 radical (unpaired) electrons. The van der Waals surface area contributed by atoms with Gasteiger partial charge in [-0.3, -0.25) is 5.43 Å². The van der Waals surface area contributed by atoms with Crippen molar-refractivity contribution in [3.8, 4) is 17.2 Å². The number of nitrogens with zero attached hydrogens (tertiary/aromatic N) is 2. The quantitative estimate of drug-likeness (QED) is 0.0950. The second-order valence-corrected chi connectivity index (χ2v) is 10.3. The Morgan fingerprint density at radius 2 is 1.76 bits per heavy atom. The standard InChI is InChI=1S/C33H39N5O8/c1-7-44-27-16-23(30-29(32(41)43-6)20(4)35-33(42)36-30)11-14-26(27)46-18-28(39)37-34-17-24-15-19(3)38(21(24)5)25-12-9-22(10-13-25)31(40)45-8-2/h9-17,28,30,37,39H,7-8,18H2,1-6H3,(H2,35,36,42)/b34-17-/t28-,30-/m0/s1. The first-order valence-electron chi connectivity index (χ1n) is 14.8. The van der Waals surface area contributed by atoms with Gasteiger partial charge in [0, 0.05) is 28.3 Å². The summed E-state index contributed by atoms with van der Waals surface area (Å²) in [4.78, 5) is 36.6. The smallest absolute Gasteiger partial charge is 0.338 e. The highest BCUT2D eigenvalue weighted by Gasteiger charge is 2.32. The largest absolute Gasteiger partial charge is 0.490 e. The number of esters is 2. The highest BCUT2D eigenvalue weighted by Crippen LogP contribution is 2.35. The summed E-state index contributed by atoms with van der Waals surface area (Å²) in [7, 11) is 1.27. The molecule has 0 fully saturated rings. The van der Waals surface area contributed by atoms with Crippen LogP contribution in [0.5, 0.6) is 11.5 Å². The van der Waals surface area contributed by atoms with Crippen LogP contribution in [-0.2, 0) is 14.3 Å². The van der Waals surface area contributed by atoms with Crippen LogP contribution in [0.1, 0.15) is 59.7 Å². The summed E-state index contributed by atoms with van der Waals surface area (Å²) in [6.07, 6.45) is 0.460. The minimum absolute atomic E-state index is 0.154. The van der Waals surface area contributed by atoms with Crippen LogP contribution in [0.4, 0.5) is 4.79 Å². The summed E-state index contributed by atoms with van der Waals surface area (Å²) in [6, 6.07) is 12.9. The van der Waals surface area contributed by atoms with Gasteiger partial charge in [-0.15, -0.1) is 0 Å². The average Bonchev–Trinajstić information content (AvgIpc) is 3.32. The van der Waals surface area contributed by atoms with E-state index in [1.54, 1.807) is 50.4 Å². The number of amides is 2. The van der Waals surface area contributed by atoms with Crippen LogP contribution in [-0.4, -0.2) is 67.0 Å². The van der Waals surface area contributed by atoms with Crippen molar-refractivity contribution in [3.05, 3.63) is 87.9 Å². The summed E-state index contributed by atoms with van der Waals surface area (Å²) in [5, 5.41) is 20.0. The Kier molecular flexibility index (Phi) is 11.0. The number of aryl methyl sites for hydroxylation is 1. The van der Waals surface area contributed by atoms with Crippen LogP contribution < -0.4 is 25.5 Å². The number of rotatable bonds is 13. The number of nitrogens with one attached hydrogen (secondary N) is 3. The Morgan fingerprint density at radius 1 is 1.02 bits per heavy atom. The zero-order valence-electron chi connectivity index (χ0n) is 26.7. The van der Waals surface area contributed by atoms with Crippen LogP contribution in [0, 0.1) is 13.8 Å². The van der Waals surface area contributed by atoms with Gasteiger partial charge in [-0.2, -0.15) is 5.10 Å². The van der Waals surface area contributed by atoms with Crippen molar-refractivity contribution in [1.29, 1.82) is 0 Å². The van der Waals surface area contributed by atoms with Gasteiger partial charge in [0.15, 0.2) is 17.7 Å². The van der Waals surface area contributed by atoms with Crippen molar-refractivity contribution in [2.24, 2.45) is 5.10 Å². The average molecular weight is 634 g/mol. The predicted molar refractivity (Wildman–Crippen MR) is 170 cm³/mol. The van der Waals surface area contributed by atoms with Crippen LogP contribution in [0.15, 0.2) is 64.9 Å². The van der Waals surface area contributed by atoms with Gasteiger partial charge in [0.1, 0.15) is 6.61 Å². The SMILES string of the molecule is CCOC(=O)c1ccc(-n2c(C)cc(/C=N\N[C@@H](O)COc3ccc([C@@H]4NC(=O)NC(C)=C4C(=O)OC)cc3OCC)c2C)cc1. The summed E-state index contributed by atoms with van der Waals surface area (Å²) in [6.45, 7) is 9.61. The lowest BCUT2D eigenvalue weighted by molar-refractivity contribution is -0.136. The third-order valence-electron chi connectivity index (χ3n) is 7.21. The number of methoxy groups -OCH3 is 1. The number of aliphatic hydroxyl groups is 1. The first kappa shape index (κ1) is 33.6. The Morgan fingerprint density at radius 3 is 2.43 bits per heavy atom. The number of ether oxygens (including phenoxy) is 4. The summed E-state index contributed by atoms with van der Waals surface area (Å²) in [5.74, 6) is -0.215. The zero-order valence-corrected chi connectivity index (χ0v) is 26.7. The van der Waals surface area contributed by atoms with Crippen molar-refractivity contribution in [2.75, 3.05) is 26.9 Å². The van der Waals surface area contributed by atoms with Crippen molar-refractivity contribution in [2.45, 2.75) is 46.9 Å². The fourth-order valence-electron chi connectivity index (χ4n) is 5.09. The lowest BCUT2D eigenvalue weighted by Gasteiger charge is -2.28. The number of hydrogen-bond acceptors (Lipinski definition) is 10. The van der Waals surface area contributed by atoms with Gasteiger partial charge in [-0.25, -0.2) is 14.4 Å². The molecule has 0 saturated carbocycles. The fraction of sp³-hybridized carbons (Fsp3) is 0.333. The number of hydrogen-bond donors (Lipinski definition) is 4. The molecule has 0 aliphatic carbocycles. The fourth-order valence-corrected chi connectivity index (χ4v) is 5.09. The molecule has 0 spiro atoms. The molecular formula is C33H39N5O8. The third kappa shape index (κ3) is 7.67. The number of carbonyl (C=O) groups is 3. The van der Waals surface area contributed by atoms with Crippen LogP contribution in [0.2, 0.25) is 0 Å². The van der Waals surface area contributed by atoms with Gasteiger partial charge in [-0.1, -0.05) is 6.07 Å². The van der Waals surface area contributed by atoms with Crippen molar-refractivity contribution >= 4 is 24.2 Å². The molecule has 4 rings (SSSR count). The van der Waals surface area contributed by atoms with Crippen LogP contribution in [0.3, 0.4) is 0 Å². The molecule has 0 unspecified atom stereocenters. The summed E-state index contributed by atoms with van der Waals surface area (Å²) >= 11 is 0. The van der Waals surface area contributed by atoms with E-state index in [1.807, 2.05) is 43.5 Å². The number of benzene rings is 2. The lowest BCUT2D eigenvalue weighted by Crippen LogP contribution is -2.45. The minimum atomic E-state index is -1.15. The second-order valence-electron chi connectivity index (χ2n) is 10.3. The predicted octanol–water partition coefficient (Wildman–Crippen LogP) is 3.79. The second kappa shape index (κ2) is 15.1. The van der Waals surface area contributed by atoms with E-state index in [-0.39, 0.29) is 18.1 Å². The normalized spacial score (nSPS) is 15.2. The molecule has 13 nitrogen and oxygen atoms in total. The topological polar surface area (TPSA) is 162 Å². The molecule has 2 aromatic carbocycles. The maximum atomic E-state index is 12.5. The maximum absolute atomic E-state index is 12.5. The molecule has 1 aromatic heterocycles. The molecule has 244 valence electrons. The summed E-state index contributed by atoms with van der Waals surface area (Å²) in [5.41, 5.74) is 7.99. The first-order valence-corrected chi connectivity index (χ1v) is 14.8. The van der Waals surface area contributed by atoms with Crippen molar-refractivity contribution in [1.82, 2.24) is 20.6 Å². The highest BCUT2D eigenvalue weighted by atomic mass is 16.5. The molecule has 2 atom stereocenters. The molecule has 0 bridgehead atoms. The van der Waals surface area contributed by atoms with Crippen molar-refractivity contribution < 1.29 is 38.4 Å². The van der Waals surface area contributed by atoms with E-state index in [2.05, 4.69) is 21.2 Å². The molecule has 2 amide bonds. The van der Waals surface area contributed by atoms with E-state index >= 15 is 0 Å². The molecule has 2 heterocycles. The Labute approximate surface area is 267 Å². The lowest BCUT2D eigenvalue weighted by atomic mass is 9.95. The molecule has 0 saturated heterocycles. The maximum Gasteiger partial charge on any atom is 0.338 e. The van der Waals surface area contributed by atoms with E-state index in [0.717, 1.165) is 22.6 Å². The molecule has 3 aromatic rings. The molecule has 13 heteroatoms. The van der Waals surface area contributed by atoms with Crippen molar-refractivity contribution in [3.63, 3.8) is 0 Å². The number of allylic oxidation sites excluding steroid dienone is 1. The number of aliphatic hydroxyl groups excluding tert-OH is 1. The molecule has 46 heavy (non-hydrogen) atoms. The van der Waals surface area contributed by atoms with E-state index in [0.29, 0.717) is 41.5 Å². The van der Waals surface area contributed by atoms with Crippen LogP contribution >= 0.6 is 0 Å². The van der Waals surface area contributed by atoms with E-state index in [1.165, 1.54) is 7.11 Å². The number of hydrazone groups is 1. The molecule has 1 aliphatic heterocycles. The van der Waals surface area contributed by atoms with E-state index in [9.17, 15) is 19.5 Å². The third-order valence-corrected chi connectivity index (χ3v) is 7.21.